The Morgan fingerprint density at radius 3 is 2.67 bits per heavy atom. The Hall–Kier alpha value is -2.96. The highest BCUT2D eigenvalue weighted by molar-refractivity contribution is 5.96. The number of nitrogens with one attached hydrogen (secondary N) is 2. The lowest BCUT2D eigenvalue weighted by atomic mass is 10.1. The summed E-state index contributed by atoms with van der Waals surface area (Å²) in [6.45, 7) is 5.45. The Morgan fingerprint density at radius 1 is 1.22 bits per heavy atom. The van der Waals surface area contributed by atoms with E-state index in [9.17, 15) is 9.59 Å². The lowest BCUT2D eigenvalue weighted by Gasteiger charge is -2.17. The van der Waals surface area contributed by atoms with Crippen molar-refractivity contribution < 1.29 is 9.59 Å². The first-order valence-corrected chi connectivity index (χ1v) is 9.25. The number of amides is 3. The van der Waals surface area contributed by atoms with E-state index >= 15 is 0 Å². The summed E-state index contributed by atoms with van der Waals surface area (Å²) in [5.74, 6) is 0.0594. The molecule has 1 aliphatic rings. The first kappa shape index (κ1) is 18.8. The quantitative estimate of drug-likeness (QED) is 0.851. The van der Waals surface area contributed by atoms with E-state index in [-0.39, 0.29) is 18.0 Å². The third-order valence-electron chi connectivity index (χ3n) is 4.62. The summed E-state index contributed by atoms with van der Waals surface area (Å²) in [4.78, 5) is 34.8. The molecule has 0 spiro atoms. The van der Waals surface area contributed by atoms with E-state index < -0.39 is 0 Å². The molecule has 2 aromatic rings. The molecule has 1 aromatic heterocycles. The molecule has 2 heterocycles. The number of hydrogen-bond donors (Lipinski definition) is 2. The van der Waals surface area contributed by atoms with Crippen LogP contribution in [0, 0.1) is 6.92 Å². The number of carbonyl (C=O) groups excluding carboxylic acids is 2. The molecule has 1 aliphatic heterocycles. The molecular weight excluding hydrogens is 342 g/mol. The molecule has 7 heteroatoms. The van der Waals surface area contributed by atoms with E-state index in [0.29, 0.717) is 17.7 Å². The van der Waals surface area contributed by atoms with Crippen LogP contribution in [0.4, 0.5) is 10.5 Å². The summed E-state index contributed by atoms with van der Waals surface area (Å²) in [7, 11) is 0. The van der Waals surface area contributed by atoms with Crippen molar-refractivity contribution in [1.29, 1.82) is 0 Å². The maximum absolute atomic E-state index is 12.5. The van der Waals surface area contributed by atoms with Crippen molar-refractivity contribution >= 4 is 17.6 Å². The fraction of sp³-hybridized carbons (Fsp3) is 0.400. The molecule has 142 valence electrons. The van der Waals surface area contributed by atoms with Crippen molar-refractivity contribution in [3.05, 3.63) is 53.6 Å². The lowest BCUT2D eigenvalue weighted by molar-refractivity contribution is 0.0792. The van der Waals surface area contributed by atoms with E-state index in [1.807, 2.05) is 24.8 Å². The van der Waals surface area contributed by atoms with E-state index in [4.69, 9.17) is 0 Å². The standard InChI is InChI=1S/C20H25N5O2/c1-14-11-16(19(26)25-9-3-4-10-25)5-6-18(14)24-20(27)23-15(2)12-17-13-21-7-8-22-17/h5-8,11,13,15H,3-4,9-10,12H2,1-2H3,(H2,23,24,27)/t15-/m0/s1. The van der Waals surface area contributed by atoms with Crippen LogP contribution in [0.1, 0.15) is 41.4 Å². The molecule has 1 atom stereocenters. The Morgan fingerprint density at radius 2 is 2.00 bits per heavy atom. The van der Waals surface area contributed by atoms with Crippen LogP contribution in [0.15, 0.2) is 36.8 Å². The van der Waals surface area contributed by atoms with Gasteiger partial charge in [0.15, 0.2) is 0 Å². The average Bonchev–Trinajstić information content (AvgIpc) is 3.18. The van der Waals surface area contributed by atoms with E-state index in [1.54, 1.807) is 30.7 Å². The highest BCUT2D eigenvalue weighted by Crippen LogP contribution is 2.19. The second-order valence-electron chi connectivity index (χ2n) is 6.93. The molecule has 0 bridgehead atoms. The average molecular weight is 367 g/mol. The Labute approximate surface area is 159 Å². The molecule has 0 aliphatic carbocycles. The molecule has 1 saturated heterocycles. The summed E-state index contributed by atoms with van der Waals surface area (Å²) in [5, 5.41) is 5.74. The van der Waals surface area contributed by atoms with Gasteiger partial charge in [-0.3, -0.25) is 14.8 Å². The summed E-state index contributed by atoms with van der Waals surface area (Å²) in [5.41, 5.74) is 3.04. The van der Waals surface area contributed by atoms with Gasteiger partial charge >= 0.3 is 6.03 Å². The van der Waals surface area contributed by atoms with Crippen molar-refractivity contribution in [2.45, 2.75) is 39.2 Å². The zero-order valence-electron chi connectivity index (χ0n) is 15.7. The molecule has 0 radical (unpaired) electrons. The summed E-state index contributed by atoms with van der Waals surface area (Å²) >= 11 is 0. The summed E-state index contributed by atoms with van der Waals surface area (Å²) < 4.78 is 0. The van der Waals surface area contributed by atoms with Gasteiger partial charge in [0.25, 0.3) is 5.91 Å². The summed E-state index contributed by atoms with van der Waals surface area (Å²) in [6.07, 6.45) is 7.68. The van der Waals surface area contributed by atoms with Crippen LogP contribution in [0.2, 0.25) is 0 Å². The van der Waals surface area contributed by atoms with Crippen LogP contribution in [0.3, 0.4) is 0 Å². The zero-order valence-corrected chi connectivity index (χ0v) is 15.7. The minimum absolute atomic E-state index is 0.0594. The minimum Gasteiger partial charge on any atom is -0.339 e. The number of hydrogen-bond acceptors (Lipinski definition) is 4. The van der Waals surface area contributed by atoms with Gasteiger partial charge in [-0.1, -0.05) is 0 Å². The van der Waals surface area contributed by atoms with Crippen LogP contribution in [0.25, 0.3) is 0 Å². The van der Waals surface area contributed by atoms with Crippen molar-refractivity contribution in [2.75, 3.05) is 18.4 Å². The molecule has 0 saturated carbocycles. The smallest absolute Gasteiger partial charge is 0.319 e. The molecule has 3 rings (SSSR count). The number of nitrogens with zero attached hydrogens (tertiary/aromatic N) is 3. The minimum atomic E-state index is -0.284. The Balaban J connectivity index is 1.56. The molecule has 7 nitrogen and oxygen atoms in total. The third-order valence-corrected chi connectivity index (χ3v) is 4.62. The number of aromatic nitrogens is 2. The first-order valence-electron chi connectivity index (χ1n) is 9.25. The van der Waals surface area contributed by atoms with Gasteiger partial charge in [-0.2, -0.15) is 0 Å². The van der Waals surface area contributed by atoms with Crippen molar-refractivity contribution in [3.63, 3.8) is 0 Å². The predicted molar refractivity (Wildman–Crippen MR) is 104 cm³/mol. The molecule has 0 unspecified atom stereocenters. The fourth-order valence-corrected chi connectivity index (χ4v) is 3.22. The van der Waals surface area contributed by atoms with Crippen LogP contribution in [0.5, 0.6) is 0 Å². The van der Waals surface area contributed by atoms with Gasteiger partial charge in [0, 0.05) is 55.4 Å². The zero-order chi connectivity index (χ0) is 19.2. The number of likely N-dealkylation sites (tertiary alicyclic amines) is 1. The molecule has 1 aromatic carbocycles. The molecule has 3 amide bonds. The van der Waals surface area contributed by atoms with Gasteiger partial charge < -0.3 is 15.5 Å². The largest absolute Gasteiger partial charge is 0.339 e. The summed E-state index contributed by atoms with van der Waals surface area (Å²) in [6, 6.07) is 5.02. The van der Waals surface area contributed by atoms with Crippen molar-refractivity contribution in [2.24, 2.45) is 0 Å². The van der Waals surface area contributed by atoms with Gasteiger partial charge in [0.2, 0.25) is 0 Å². The monoisotopic (exact) mass is 367 g/mol. The van der Waals surface area contributed by atoms with Gasteiger partial charge in [-0.05, 0) is 50.5 Å². The SMILES string of the molecule is Cc1cc(C(=O)N2CCCC2)ccc1NC(=O)N[C@@H](C)Cc1cnccn1. The van der Waals surface area contributed by atoms with Gasteiger partial charge in [-0.15, -0.1) is 0 Å². The second kappa shape index (κ2) is 8.62. The second-order valence-corrected chi connectivity index (χ2v) is 6.93. The molecule has 1 fully saturated rings. The number of carbonyl (C=O) groups is 2. The normalized spacial score (nSPS) is 14.7. The van der Waals surface area contributed by atoms with Gasteiger partial charge in [0.05, 0.1) is 5.69 Å². The van der Waals surface area contributed by atoms with Crippen LogP contribution in [-0.2, 0) is 6.42 Å². The van der Waals surface area contributed by atoms with Crippen molar-refractivity contribution in [1.82, 2.24) is 20.2 Å². The lowest BCUT2D eigenvalue weighted by Crippen LogP contribution is -2.37. The number of aryl methyl sites for hydroxylation is 1. The molecular formula is C20H25N5O2. The highest BCUT2D eigenvalue weighted by atomic mass is 16.2. The van der Waals surface area contributed by atoms with Gasteiger partial charge in [0.1, 0.15) is 0 Å². The van der Waals surface area contributed by atoms with E-state index in [2.05, 4.69) is 20.6 Å². The van der Waals surface area contributed by atoms with Crippen LogP contribution < -0.4 is 10.6 Å². The van der Waals surface area contributed by atoms with E-state index in [1.165, 1.54) is 0 Å². The maximum Gasteiger partial charge on any atom is 0.319 e. The Bertz CT molecular complexity index is 803. The number of anilines is 1. The maximum atomic E-state index is 12.5. The van der Waals surface area contributed by atoms with Crippen LogP contribution in [-0.4, -0.2) is 45.9 Å². The van der Waals surface area contributed by atoms with Gasteiger partial charge in [-0.25, -0.2) is 4.79 Å². The Kier molecular flexibility index (Phi) is 6.01. The topological polar surface area (TPSA) is 87.2 Å². The number of benzene rings is 1. The third kappa shape index (κ3) is 5.03. The first-order chi connectivity index (χ1) is 13.0. The molecule has 27 heavy (non-hydrogen) atoms. The highest BCUT2D eigenvalue weighted by Gasteiger charge is 2.20. The van der Waals surface area contributed by atoms with Crippen LogP contribution >= 0.6 is 0 Å². The van der Waals surface area contributed by atoms with E-state index in [0.717, 1.165) is 37.2 Å². The number of urea groups is 1. The fourth-order valence-electron chi connectivity index (χ4n) is 3.22. The predicted octanol–water partition coefficient (Wildman–Crippen LogP) is 2.77. The van der Waals surface area contributed by atoms with Crippen molar-refractivity contribution in [3.8, 4) is 0 Å². The molecule has 2 N–H and O–H groups in total. The number of rotatable bonds is 5.